The molecule has 1 heterocycles. The zero-order chi connectivity index (χ0) is 10.3. The highest BCUT2D eigenvalue weighted by Gasteiger charge is 2.25. The molecule has 2 heteroatoms. The van der Waals surface area contributed by atoms with Gasteiger partial charge in [0.1, 0.15) is 0 Å². The summed E-state index contributed by atoms with van der Waals surface area (Å²) in [5.41, 5.74) is 4.11. The minimum absolute atomic E-state index is 0.133. The lowest BCUT2D eigenvalue weighted by Crippen LogP contribution is -2.14. The van der Waals surface area contributed by atoms with Crippen molar-refractivity contribution >= 4 is 17.3 Å². The van der Waals surface area contributed by atoms with Gasteiger partial charge in [0, 0.05) is 17.3 Å². The van der Waals surface area contributed by atoms with E-state index >= 15 is 0 Å². The monoisotopic (exact) mass is 209 g/mol. The summed E-state index contributed by atoms with van der Waals surface area (Å²) in [6.45, 7) is 7.69. The summed E-state index contributed by atoms with van der Waals surface area (Å²) in [6, 6.07) is 4.08. The third-order valence-corrected chi connectivity index (χ3v) is 3.02. The molecule has 76 valence electrons. The lowest BCUT2D eigenvalue weighted by Gasteiger charge is -2.23. The van der Waals surface area contributed by atoms with Gasteiger partial charge in [-0.1, -0.05) is 32.4 Å². The summed E-state index contributed by atoms with van der Waals surface area (Å²) < 4.78 is 0. The molecule has 0 atom stereocenters. The van der Waals surface area contributed by atoms with Gasteiger partial charge in [0.05, 0.1) is 0 Å². The van der Waals surface area contributed by atoms with E-state index in [1.165, 1.54) is 16.8 Å². The van der Waals surface area contributed by atoms with Crippen molar-refractivity contribution in [3.63, 3.8) is 0 Å². The molecule has 0 aliphatic carbocycles. The van der Waals surface area contributed by atoms with Crippen LogP contribution < -0.4 is 5.32 Å². The quantitative estimate of drug-likeness (QED) is 0.689. The molecule has 0 fully saturated rings. The molecule has 1 nitrogen and oxygen atoms in total. The highest BCUT2D eigenvalue weighted by molar-refractivity contribution is 6.31. The molecule has 1 N–H and O–H groups in total. The Morgan fingerprint density at radius 2 is 2.00 bits per heavy atom. The van der Waals surface area contributed by atoms with Crippen molar-refractivity contribution in [2.24, 2.45) is 0 Å². The Bertz CT molecular complexity index is 363. The van der Waals surface area contributed by atoms with Crippen LogP contribution in [0.4, 0.5) is 5.69 Å². The van der Waals surface area contributed by atoms with E-state index < -0.39 is 0 Å². The average Bonchev–Trinajstić information content (AvgIpc) is 2.48. The van der Waals surface area contributed by atoms with Crippen LogP contribution in [-0.2, 0) is 11.8 Å². The normalized spacial score (nSPS) is 15.1. The minimum atomic E-state index is 0.133. The SMILES string of the molecule is CC(C)(C)c1c(Cl)ccc2c1CCN2. The summed E-state index contributed by atoms with van der Waals surface area (Å²) in [7, 11) is 0. The summed E-state index contributed by atoms with van der Waals surface area (Å²) in [4.78, 5) is 0. The molecule has 0 saturated carbocycles. The molecule has 0 unspecified atom stereocenters. The maximum atomic E-state index is 6.26. The first-order chi connectivity index (χ1) is 6.50. The fourth-order valence-electron chi connectivity index (χ4n) is 2.18. The van der Waals surface area contributed by atoms with Gasteiger partial charge in [-0.2, -0.15) is 0 Å². The largest absolute Gasteiger partial charge is 0.384 e. The molecule has 0 bridgehead atoms. The molecule has 0 radical (unpaired) electrons. The number of anilines is 1. The van der Waals surface area contributed by atoms with Crippen LogP contribution in [0.15, 0.2) is 12.1 Å². The molecule has 1 aromatic carbocycles. The van der Waals surface area contributed by atoms with Crippen LogP contribution in [0.3, 0.4) is 0 Å². The van der Waals surface area contributed by atoms with Crippen LogP contribution in [0.2, 0.25) is 5.02 Å². The van der Waals surface area contributed by atoms with Crippen LogP contribution in [0.5, 0.6) is 0 Å². The van der Waals surface area contributed by atoms with Crippen molar-refractivity contribution in [3.05, 3.63) is 28.3 Å². The fourth-order valence-corrected chi connectivity index (χ4v) is 2.64. The maximum Gasteiger partial charge on any atom is 0.0447 e. The van der Waals surface area contributed by atoms with Crippen molar-refractivity contribution in [2.45, 2.75) is 32.6 Å². The van der Waals surface area contributed by atoms with E-state index in [-0.39, 0.29) is 5.41 Å². The van der Waals surface area contributed by atoms with Gasteiger partial charge < -0.3 is 5.32 Å². The van der Waals surface area contributed by atoms with E-state index in [0.29, 0.717) is 0 Å². The van der Waals surface area contributed by atoms with Gasteiger partial charge in [0.2, 0.25) is 0 Å². The van der Waals surface area contributed by atoms with Crippen LogP contribution in [0, 0.1) is 0 Å². The van der Waals surface area contributed by atoms with Crippen LogP contribution in [-0.4, -0.2) is 6.54 Å². The lowest BCUT2D eigenvalue weighted by atomic mass is 9.83. The van der Waals surface area contributed by atoms with Gasteiger partial charge in [-0.25, -0.2) is 0 Å². The Morgan fingerprint density at radius 3 is 2.64 bits per heavy atom. The molecular formula is C12H16ClN. The first-order valence-corrected chi connectivity index (χ1v) is 5.43. The number of rotatable bonds is 0. The van der Waals surface area contributed by atoms with E-state index in [4.69, 9.17) is 11.6 Å². The Balaban J connectivity index is 2.63. The summed E-state index contributed by atoms with van der Waals surface area (Å²) in [5, 5.41) is 4.28. The van der Waals surface area contributed by atoms with Crippen molar-refractivity contribution in [1.82, 2.24) is 0 Å². The van der Waals surface area contributed by atoms with Gasteiger partial charge in [0.15, 0.2) is 0 Å². The van der Waals surface area contributed by atoms with Gasteiger partial charge >= 0.3 is 0 Å². The van der Waals surface area contributed by atoms with E-state index in [2.05, 4.69) is 32.2 Å². The van der Waals surface area contributed by atoms with Crippen LogP contribution in [0.25, 0.3) is 0 Å². The molecule has 1 aliphatic heterocycles. The summed E-state index contributed by atoms with van der Waals surface area (Å²) >= 11 is 6.26. The highest BCUT2D eigenvalue weighted by atomic mass is 35.5. The van der Waals surface area contributed by atoms with Crippen molar-refractivity contribution in [3.8, 4) is 0 Å². The summed E-state index contributed by atoms with van der Waals surface area (Å²) in [6.07, 6.45) is 1.10. The second-order valence-corrected chi connectivity index (χ2v) is 5.28. The zero-order valence-electron chi connectivity index (χ0n) is 8.95. The van der Waals surface area contributed by atoms with Crippen LogP contribution >= 0.6 is 11.6 Å². The van der Waals surface area contributed by atoms with Gasteiger partial charge in [0.25, 0.3) is 0 Å². The fraction of sp³-hybridized carbons (Fsp3) is 0.500. The van der Waals surface area contributed by atoms with Crippen molar-refractivity contribution in [2.75, 3.05) is 11.9 Å². The van der Waals surface area contributed by atoms with Gasteiger partial charge in [-0.3, -0.25) is 0 Å². The van der Waals surface area contributed by atoms with Crippen LogP contribution in [0.1, 0.15) is 31.9 Å². The van der Waals surface area contributed by atoms with E-state index in [1.54, 1.807) is 0 Å². The predicted octanol–water partition coefficient (Wildman–Crippen LogP) is 3.61. The number of benzene rings is 1. The maximum absolute atomic E-state index is 6.26. The van der Waals surface area contributed by atoms with Gasteiger partial charge in [-0.15, -0.1) is 0 Å². The Kier molecular flexibility index (Phi) is 2.23. The first kappa shape index (κ1) is 9.85. The van der Waals surface area contributed by atoms with E-state index in [0.717, 1.165) is 18.0 Å². The minimum Gasteiger partial charge on any atom is -0.384 e. The zero-order valence-corrected chi connectivity index (χ0v) is 9.70. The lowest BCUT2D eigenvalue weighted by molar-refractivity contribution is 0.585. The molecular weight excluding hydrogens is 194 g/mol. The van der Waals surface area contributed by atoms with Gasteiger partial charge in [-0.05, 0) is 35.1 Å². The first-order valence-electron chi connectivity index (χ1n) is 5.06. The van der Waals surface area contributed by atoms with E-state index in [1.807, 2.05) is 6.07 Å². The standard InChI is InChI=1S/C12H16ClN/c1-12(2,3)11-8-6-7-14-10(8)5-4-9(11)13/h4-5,14H,6-7H2,1-3H3. The second kappa shape index (κ2) is 3.16. The Hall–Kier alpha value is -0.690. The number of hydrogen-bond acceptors (Lipinski definition) is 1. The number of halogens is 1. The van der Waals surface area contributed by atoms with Crippen molar-refractivity contribution in [1.29, 1.82) is 0 Å². The molecule has 2 rings (SSSR count). The molecule has 0 amide bonds. The second-order valence-electron chi connectivity index (χ2n) is 4.88. The molecule has 0 saturated heterocycles. The number of nitrogens with one attached hydrogen (secondary N) is 1. The average molecular weight is 210 g/mol. The molecule has 0 aromatic heterocycles. The number of hydrogen-bond donors (Lipinski definition) is 1. The third kappa shape index (κ3) is 1.50. The van der Waals surface area contributed by atoms with E-state index in [9.17, 15) is 0 Å². The topological polar surface area (TPSA) is 12.0 Å². The summed E-state index contributed by atoms with van der Waals surface area (Å²) in [5.74, 6) is 0. The Morgan fingerprint density at radius 1 is 1.29 bits per heavy atom. The Labute approximate surface area is 90.5 Å². The predicted molar refractivity (Wildman–Crippen MR) is 62.3 cm³/mol. The highest BCUT2D eigenvalue weighted by Crippen LogP contribution is 2.38. The number of fused-ring (bicyclic) bond motifs is 1. The molecule has 1 aromatic rings. The third-order valence-electron chi connectivity index (χ3n) is 2.70. The van der Waals surface area contributed by atoms with Crippen molar-refractivity contribution < 1.29 is 0 Å². The molecule has 1 aliphatic rings. The molecule has 14 heavy (non-hydrogen) atoms. The smallest absolute Gasteiger partial charge is 0.0447 e. The molecule has 0 spiro atoms.